The van der Waals surface area contributed by atoms with E-state index in [0.717, 1.165) is 11.3 Å². The monoisotopic (exact) mass is 209 g/mol. The lowest BCUT2D eigenvalue weighted by Gasteiger charge is -2.17. The van der Waals surface area contributed by atoms with Gasteiger partial charge in [0.05, 0.1) is 19.2 Å². The van der Waals surface area contributed by atoms with Gasteiger partial charge in [0.15, 0.2) is 0 Å². The number of benzene rings is 1. The van der Waals surface area contributed by atoms with Crippen molar-refractivity contribution in [2.45, 2.75) is 6.42 Å². The Labute approximate surface area is 89.1 Å². The number of nitrogens with zero attached hydrogens (tertiary/aromatic N) is 1. The molecule has 0 aromatic heterocycles. The van der Waals surface area contributed by atoms with Crippen LogP contribution >= 0.6 is 0 Å². The highest BCUT2D eigenvalue weighted by atomic mass is 16.5. The van der Waals surface area contributed by atoms with Gasteiger partial charge in [-0.15, -0.1) is 0 Å². The third-order valence-electron chi connectivity index (χ3n) is 2.08. The number of ether oxygens (including phenoxy) is 1. The van der Waals surface area contributed by atoms with E-state index in [4.69, 9.17) is 9.84 Å². The topological polar surface area (TPSA) is 49.8 Å². The van der Waals surface area contributed by atoms with Crippen molar-refractivity contribution < 1.29 is 14.6 Å². The van der Waals surface area contributed by atoms with Crippen molar-refractivity contribution in [2.75, 3.05) is 26.1 Å². The van der Waals surface area contributed by atoms with Crippen LogP contribution in [0.15, 0.2) is 18.2 Å². The molecule has 0 spiro atoms. The summed E-state index contributed by atoms with van der Waals surface area (Å²) in [6.45, 7) is 0. The molecule has 0 unspecified atom stereocenters. The van der Waals surface area contributed by atoms with Crippen LogP contribution in [0.1, 0.15) is 5.56 Å². The zero-order chi connectivity index (χ0) is 11.4. The van der Waals surface area contributed by atoms with Gasteiger partial charge < -0.3 is 14.7 Å². The first-order valence-corrected chi connectivity index (χ1v) is 4.60. The highest BCUT2D eigenvalue weighted by Crippen LogP contribution is 2.27. The summed E-state index contributed by atoms with van der Waals surface area (Å²) in [5, 5.41) is 8.66. The lowest BCUT2D eigenvalue weighted by atomic mass is 10.1. The van der Waals surface area contributed by atoms with E-state index in [1.165, 1.54) is 0 Å². The Morgan fingerprint density at radius 2 is 2.13 bits per heavy atom. The minimum Gasteiger partial charge on any atom is -0.495 e. The molecule has 0 saturated heterocycles. The van der Waals surface area contributed by atoms with Gasteiger partial charge in [0.1, 0.15) is 5.75 Å². The molecule has 0 aliphatic rings. The Morgan fingerprint density at radius 1 is 1.47 bits per heavy atom. The maximum Gasteiger partial charge on any atom is 0.307 e. The number of aliphatic carboxylic acids is 1. The summed E-state index contributed by atoms with van der Waals surface area (Å²) in [7, 11) is 5.40. The molecule has 0 aliphatic heterocycles. The Hall–Kier alpha value is -1.71. The molecular formula is C11H15NO3. The molecule has 0 amide bonds. The van der Waals surface area contributed by atoms with E-state index in [0.29, 0.717) is 5.75 Å². The van der Waals surface area contributed by atoms with Crippen molar-refractivity contribution in [1.29, 1.82) is 0 Å². The second kappa shape index (κ2) is 4.68. The Bertz CT molecular complexity index is 361. The molecule has 0 bridgehead atoms. The zero-order valence-electron chi connectivity index (χ0n) is 9.15. The Morgan fingerprint density at radius 3 is 2.60 bits per heavy atom. The van der Waals surface area contributed by atoms with Crippen molar-refractivity contribution in [3.05, 3.63) is 23.8 Å². The maximum absolute atomic E-state index is 10.5. The summed E-state index contributed by atoms with van der Waals surface area (Å²) in [6, 6.07) is 5.41. The van der Waals surface area contributed by atoms with Crippen LogP contribution in [0.2, 0.25) is 0 Å². The Balaban J connectivity index is 3.02. The first-order chi connectivity index (χ1) is 7.04. The molecule has 0 aliphatic carbocycles. The van der Waals surface area contributed by atoms with E-state index in [1.807, 2.05) is 25.1 Å². The van der Waals surface area contributed by atoms with Crippen LogP contribution in [0, 0.1) is 0 Å². The summed E-state index contributed by atoms with van der Waals surface area (Å²) in [6.07, 6.45) is 0.0179. The molecule has 0 atom stereocenters. The highest BCUT2D eigenvalue weighted by molar-refractivity contribution is 5.71. The largest absolute Gasteiger partial charge is 0.495 e. The van der Waals surface area contributed by atoms with E-state index in [1.54, 1.807) is 19.2 Å². The van der Waals surface area contributed by atoms with Gasteiger partial charge in [0.2, 0.25) is 0 Å². The summed E-state index contributed by atoms with van der Waals surface area (Å²) in [4.78, 5) is 12.5. The minimum absolute atomic E-state index is 0.0179. The number of anilines is 1. The molecule has 1 aromatic rings. The highest BCUT2D eigenvalue weighted by Gasteiger charge is 2.07. The maximum atomic E-state index is 10.5. The number of carboxylic acid groups (broad SMARTS) is 1. The number of rotatable bonds is 4. The molecule has 1 aromatic carbocycles. The fourth-order valence-electron chi connectivity index (χ4n) is 1.38. The van der Waals surface area contributed by atoms with Crippen LogP contribution in [0.5, 0.6) is 5.75 Å². The summed E-state index contributed by atoms with van der Waals surface area (Å²) in [5.74, 6) is -0.145. The van der Waals surface area contributed by atoms with Crippen molar-refractivity contribution in [2.24, 2.45) is 0 Å². The average molecular weight is 209 g/mol. The van der Waals surface area contributed by atoms with Gasteiger partial charge in [0, 0.05) is 14.1 Å². The fraction of sp³-hybridized carbons (Fsp3) is 0.364. The van der Waals surface area contributed by atoms with E-state index >= 15 is 0 Å². The zero-order valence-corrected chi connectivity index (χ0v) is 9.15. The fourth-order valence-corrected chi connectivity index (χ4v) is 1.38. The van der Waals surface area contributed by atoms with Gasteiger partial charge in [-0.25, -0.2) is 0 Å². The quantitative estimate of drug-likeness (QED) is 0.814. The predicted molar refractivity (Wildman–Crippen MR) is 58.7 cm³/mol. The summed E-state index contributed by atoms with van der Waals surface area (Å²) in [5.41, 5.74) is 1.68. The molecule has 0 heterocycles. The molecule has 15 heavy (non-hydrogen) atoms. The van der Waals surface area contributed by atoms with Gasteiger partial charge in [-0.3, -0.25) is 4.79 Å². The van der Waals surface area contributed by atoms with Crippen molar-refractivity contribution in [3.8, 4) is 5.75 Å². The van der Waals surface area contributed by atoms with Crippen molar-refractivity contribution in [3.63, 3.8) is 0 Å². The van der Waals surface area contributed by atoms with Crippen LogP contribution in [-0.2, 0) is 11.2 Å². The van der Waals surface area contributed by atoms with E-state index in [9.17, 15) is 4.79 Å². The third kappa shape index (κ3) is 2.87. The predicted octanol–water partition coefficient (Wildman–Crippen LogP) is 1.39. The minimum atomic E-state index is -0.838. The molecule has 1 N–H and O–H groups in total. The van der Waals surface area contributed by atoms with Crippen molar-refractivity contribution in [1.82, 2.24) is 0 Å². The Kier molecular flexibility index (Phi) is 3.55. The standard InChI is InChI=1S/C11H15NO3/c1-12(2)9-5-4-8(7-11(13)14)6-10(9)15-3/h4-6H,7H2,1-3H3,(H,13,14). The SMILES string of the molecule is COc1cc(CC(=O)O)ccc1N(C)C. The first-order valence-electron chi connectivity index (χ1n) is 4.60. The number of carbonyl (C=O) groups is 1. The van der Waals surface area contributed by atoms with Gasteiger partial charge in [-0.1, -0.05) is 6.07 Å². The smallest absolute Gasteiger partial charge is 0.307 e. The molecule has 0 saturated carbocycles. The lowest BCUT2D eigenvalue weighted by Crippen LogP contribution is -2.10. The molecule has 4 heteroatoms. The van der Waals surface area contributed by atoms with Crippen LogP contribution in [0.25, 0.3) is 0 Å². The van der Waals surface area contributed by atoms with Gasteiger partial charge >= 0.3 is 5.97 Å². The van der Waals surface area contributed by atoms with Gasteiger partial charge in [0.25, 0.3) is 0 Å². The van der Waals surface area contributed by atoms with Crippen LogP contribution in [-0.4, -0.2) is 32.3 Å². The molecule has 82 valence electrons. The second-order valence-electron chi connectivity index (χ2n) is 3.47. The van der Waals surface area contributed by atoms with Gasteiger partial charge in [-0.2, -0.15) is 0 Å². The third-order valence-corrected chi connectivity index (χ3v) is 2.08. The second-order valence-corrected chi connectivity index (χ2v) is 3.47. The summed E-state index contributed by atoms with van der Waals surface area (Å²) < 4.78 is 5.19. The number of methoxy groups -OCH3 is 1. The molecule has 0 radical (unpaired) electrons. The van der Waals surface area contributed by atoms with Crippen LogP contribution in [0.4, 0.5) is 5.69 Å². The molecule has 1 rings (SSSR count). The average Bonchev–Trinajstić information content (AvgIpc) is 2.16. The number of carboxylic acids is 1. The van der Waals surface area contributed by atoms with Crippen molar-refractivity contribution >= 4 is 11.7 Å². The normalized spacial score (nSPS) is 9.80. The van der Waals surface area contributed by atoms with E-state index in [2.05, 4.69) is 0 Å². The number of hydrogen-bond donors (Lipinski definition) is 1. The number of hydrogen-bond acceptors (Lipinski definition) is 3. The lowest BCUT2D eigenvalue weighted by molar-refractivity contribution is -0.136. The van der Waals surface area contributed by atoms with E-state index < -0.39 is 5.97 Å². The first kappa shape index (κ1) is 11.4. The van der Waals surface area contributed by atoms with Crippen LogP contribution < -0.4 is 9.64 Å². The molecule has 0 fully saturated rings. The van der Waals surface area contributed by atoms with Crippen LogP contribution in [0.3, 0.4) is 0 Å². The molecular weight excluding hydrogens is 194 g/mol. The van der Waals surface area contributed by atoms with Gasteiger partial charge in [-0.05, 0) is 17.7 Å². The summed E-state index contributed by atoms with van der Waals surface area (Å²) >= 11 is 0. The van der Waals surface area contributed by atoms with E-state index in [-0.39, 0.29) is 6.42 Å². The molecule has 4 nitrogen and oxygen atoms in total.